The highest BCUT2D eigenvalue weighted by atomic mass is 35.7. The maximum absolute atomic E-state index is 13.1. The topological polar surface area (TPSA) is 63.7 Å². The van der Waals surface area contributed by atoms with Crippen LogP contribution >= 0.6 is 10.7 Å². The van der Waals surface area contributed by atoms with Crippen LogP contribution in [0.3, 0.4) is 0 Å². The summed E-state index contributed by atoms with van der Waals surface area (Å²) in [5.41, 5.74) is 0.424. The number of hydrogen-bond donors (Lipinski definition) is 0. The summed E-state index contributed by atoms with van der Waals surface area (Å²) in [6, 6.07) is 3.83. The third kappa shape index (κ3) is 3.40. The Morgan fingerprint density at radius 3 is 2.80 bits per heavy atom. The lowest BCUT2D eigenvalue weighted by atomic mass is 10.1. The van der Waals surface area contributed by atoms with Crippen molar-refractivity contribution in [3.05, 3.63) is 24.0 Å². The molecule has 0 N–H and O–H groups in total. The lowest BCUT2D eigenvalue weighted by Crippen LogP contribution is -2.25. The molecule has 1 heterocycles. The molecule has 5 nitrogen and oxygen atoms in total. The Hall–Kier alpha value is -1.34. The summed E-state index contributed by atoms with van der Waals surface area (Å²) in [7, 11) is 2.92. The van der Waals surface area contributed by atoms with Gasteiger partial charge in [-0.05, 0) is 12.1 Å². The van der Waals surface area contributed by atoms with Crippen molar-refractivity contribution in [3.8, 4) is 5.75 Å². The third-order valence-electron chi connectivity index (χ3n) is 3.07. The van der Waals surface area contributed by atoms with E-state index >= 15 is 0 Å². The van der Waals surface area contributed by atoms with Gasteiger partial charge in [0.15, 0.2) is 0 Å². The zero-order valence-electron chi connectivity index (χ0n) is 10.7. The van der Waals surface area contributed by atoms with Gasteiger partial charge >= 0.3 is 0 Å². The average molecular weight is 322 g/mol. The average Bonchev–Trinajstić information content (AvgIpc) is 2.67. The Morgan fingerprint density at radius 2 is 2.20 bits per heavy atom. The van der Waals surface area contributed by atoms with E-state index in [4.69, 9.17) is 15.4 Å². The van der Waals surface area contributed by atoms with E-state index in [0.29, 0.717) is 5.69 Å². The van der Waals surface area contributed by atoms with Gasteiger partial charge in [-0.1, -0.05) is 0 Å². The maximum atomic E-state index is 13.1. The molecule has 1 fully saturated rings. The highest BCUT2D eigenvalue weighted by Crippen LogP contribution is 2.34. The molecule has 1 unspecified atom stereocenters. The number of halogens is 2. The number of ether oxygens (including phenoxy) is 1. The third-order valence-corrected chi connectivity index (χ3v) is 4.32. The molecule has 1 aromatic rings. The molecule has 0 bridgehead atoms. The van der Waals surface area contributed by atoms with Gasteiger partial charge in [0, 0.05) is 35.6 Å². The minimum absolute atomic E-state index is 0.0898. The first kappa shape index (κ1) is 15.1. The second-order valence-corrected chi connectivity index (χ2v) is 7.42. The van der Waals surface area contributed by atoms with Crippen molar-refractivity contribution in [2.24, 2.45) is 5.92 Å². The zero-order valence-corrected chi connectivity index (χ0v) is 12.2. The van der Waals surface area contributed by atoms with Crippen molar-refractivity contribution in [3.63, 3.8) is 0 Å². The molecule has 0 spiro atoms. The summed E-state index contributed by atoms with van der Waals surface area (Å²) in [5.74, 6) is -1.12. The van der Waals surface area contributed by atoms with Gasteiger partial charge in [-0.15, -0.1) is 0 Å². The number of methoxy groups -OCH3 is 1. The molecular formula is C12H13ClFNO4S. The molecule has 1 aliphatic heterocycles. The lowest BCUT2D eigenvalue weighted by molar-refractivity contribution is -0.117. The SMILES string of the molecule is COc1cc(F)ccc1N1CC(CS(=O)(=O)Cl)CC1=O. The van der Waals surface area contributed by atoms with Crippen LogP contribution in [0.25, 0.3) is 0 Å². The van der Waals surface area contributed by atoms with E-state index in [2.05, 4.69) is 0 Å². The van der Waals surface area contributed by atoms with E-state index in [0.717, 1.165) is 0 Å². The summed E-state index contributed by atoms with van der Waals surface area (Å²) in [6.45, 7) is 0.215. The predicted molar refractivity (Wildman–Crippen MR) is 73.1 cm³/mol. The quantitative estimate of drug-likeness (QED) is 0.793. The molecule has 1 saturated heterocycles. The molecule has 0 aromatic heterocycles. The molecule has 0 aliphatic carbocycles. The minimum Gasteiger partial charge on any atom is -0.494 e. The van der Waals surface area contributed by atoms with E-state index in [9.17, 15) is 17.6 Å². The summed E-state index contributed by atoms with van der Waals surface area (Å²) in [4.78, 5) is 13.4. The molecule has 1 aromatic carbocycles. The molecule has 20 heavy (non-hydrogen) atoms. The van der Waals surface area contributed by atoms with Crippen LogP contribution in [0.1, 0.15) is 6.42 Å². The van der Waals surface area contributed by atoms with Crippen LogP contribution in [0.4, 0.5) is 10.1 Å². The first-order chi connectivity index (χ1) is 9.30. The second-order valence-electron chi connectivity index (χ2n) is 4.60. The number of carbonyl (C=O) groups excluding carboxylic acids is 1. The number of benzene rings is 1. The molecule has 1 amide bonds. The molecule has 1 aliphatic rings. The Morgan fingerprint density at radius 1 is 1.50 bits per heavy atom. The van der Waals surface area contributed by atoms with Gasteiger partial charge in [0.25, 0.3) is 0 Å². The lowest BCUT2D eigenvalue weighted by Gasteiger charge is -2.19. The van der Waals surface area contributed by atoms with Crippen molar-refractivity contribution >= 4 is 31.3 Å². The van der Waals surface area contributed by atoms with Crippen molar-refractivity contribution < 1.29 is 22.3 Å². The van der Waals surface area contributed by atoms with Crippen LogP contribution in [-0.4, -0.2) is 33.7 Å². The number of amides is 1. The Kier molecular flexibility index (Phi) is 4.19. The van der Waals surface area contributed by atoms with Gasteiger partial charge in [0.05, 0.1) is 18.6 Å². The second kappa shape index (κ2) is 5.57. The Bertz CT molecular complexity index is 634. The fourth-order valence-corrected chi connectivity index (χ4v) is 3.60. The first-order valence-electron chi connectivity index (χ1n) is 5.86. The Labute approximate surface area is 120 Å². The van der Waals surface area contributed by atoms with E-state index in [1.807, 2.05) is 0 Å². The molecule has 0 saturated carbocycles. The van der Waals surface area contributed by atoms with Gasteiger partial charge in [-0.25, -0.2) is 12.8 Å². The zero-order chi connectivity index (χ0) is 14.9. The standard InChI is InChI=1S/C12H13ClFNO4S/c1-19-11-5-9(14)2-3-10(11)15-6-8(4-12(15)16)7-20(13,17)18/h2-3,5,8H,4,6-7H2,1H3. The number of carbonyl (C=O) groups is 1. The fraction of sp³-hybridized carbons (Fsp3) is 0.417. The van der Waals surface area contributed by atoms with Gasteiger partial charge < -0.3 is 9.64 Å². The van der Waals surface area contributed by atoms with Crippen molar-refractivity contribution in [1.29, 1.82) is 0 Å². The van der Waals surface area contributed by atoms with Crippen LogP contribution < -0.4 is 9.64 Å². The summed E-state index contributed by atoms with van der Waals surface area (Å²) >= 11 is 0. The monoisotopic (exact) mass is 321 g/mol. The van der Waals surface area contributed by atoms with Gasteiger partial charge in [0.1, 0.15) is 11.6 Å². The molecule has 2 rings (SSSR count). The van der Waals surface area contributed by atoms with Crippen molar-refractivity contribution in [1.82, 2.24) is 0 Å². The van der Waals surface area contributed by atoms with Crippen LogP contribution in [0.15, 0.2) is 18.2 Å². The highest BCUT2D eigenvalue weighted by Gasteiger charge is 2.34. The van der Waals surface area contributed by atoms with Crippen LogP contribution in [0.5, 0.6) is 5.75 Å². The van der Waals surface area contributed by atoms with E-state index in [-0.39, 0.29) is 36.3 Å². The number of anilines is 1. The maximum Gasteiger partial charge on any atom is 0.232 e. The number of nitrogens with zero attached hydrogens (tertiary/aromatic N) is 1. The smallest absolute Gasteiger partial charge is 0.232 e. The molecule has 1 atom stereocenters. The summed E-state index contributed by atoms with van der Waals surface area (Å²) in [5, 5.41) is 0. The van der Waals surface area contributed by atoms with Gasteiger partial charge in [0.2, 0.25) is 15.0 Å². The molecular weight excluding hydrogens is 309 g/mol. The van der Waals surface area contributed by atoms with Crippen LogP contribution in [-0.2, 0) is 13.8 Å². The van der Waals surface area contributed by atoms with Crippen LogP contribution in [0.2, 0.25) is 0 Å². The van der Waals surface area contributed by atoms with Crippen molar-refractivity contribution in [2.45, 2.75) is 6.42 Å². The highest BCUT2D eigenvalue weighted by molar-refractivity contribution is 8.13. The fourth-order valence-electron chi connectivity index (χ4n) is 2.28. The van der Waals surface area contributed by atoms with Gasteiger partial charge in [-0.2, -0.15) is 0 Å². The van der Waals surface area contributed by atoms with E-state index in [1.165, 1.54) is 30.2 Å². The normalized spacial score (nSPS) is 19.4. The largest absolute Gasteiger partial charge is 0.494 e. The van der Waals surface area contributed by atoms with Gasteiger partial charge in [-0.3, -0.25) is 4.79 Å². The van der Waals surface area contributed by atoms with Crippen LogP contribution in [0, 0.1) is 11.7 Å². The number of rotatable bonds is 4. The van der Waals surface area contributed by atoms with E-state index < -0.39 is 14.9 Å². The molecule has 8 heteroatoms. The summed E-state index contributed by atoms with van der Waals surface area (Å²) in [6.07, 6.45) is 0.0898. The number of hydrogen-bond acceptors (Lipinski definition) is 4. The Balaban J connectivity index is 2.24. The molecule has 110 valence electrons. The van der Waals surface area contributed by atoms with E-state index in [1.54, 1.807) is 0 Å². The molecule has 0 radical (unpaired) electrons. The predicted octanol–water partition coefficient (Wildman–Crippen LogP) is 1.76. The minimum atomic E-state index is -3.66. The van der Waals surface area contributed by atoms with Crippen molar-refractivity contribution in [2.75, 3.05) is 24.3 Å². The summed E-state index contributed by atoms with van der Waals surface area (Å²) < 4.78 is 40.3. The first-order valence-corrected chi connectivity index (χ1v) is 8.34.